The topological polar surface area (TPSA) is 92.4 Å². The van der Waals surface area contributed by atoms with E-state index in [0.717, 1.165) is 6.42 Å². The molecule has 0 fully saturated rings. The standard InChI is InChI=1S/C15H21ClN2O3/c1-9(2)5-10(8-17)6-14(19)18-11-3-4-13(16)12(7-11)15(20)21/h3-4,7,9-10H,5-6,8,17H2,1-2H3,(H,18,19)(H,20,21). The number of carbonyl (C=O) groups is 2. The smallest absolute Gasteiger partial charge is 0.337 e. The van der Waals surface area contributed by atoms with Crippen LogP contribution in [0.1, 0.15) is 37.0 Å². The molecule has 0 radical (unpaired) electrons. The number of nitrogens with two attached hydrogens (primary N) is 1. The van der Waals surface area contributed by atoms with E-state index in [1.54, 1.807) is 6.07 Å². The van der Waals surface area contributed by atoms with Crippen LogP contribution in [0, 0.1) is 11.8 Å². The number of aromatic carboxylic acids is 1. The van der Waals surface area contributed by atoms with Gasteiger partial charge in [-0.05, 0) is 43.0 Å². The third-order valence-electron chi connectivity index (χ3n) is 3.09. The van der Waals surface area contributed by atoms with E-state index in [4.69, 9.17) is 22.4 Å². The van der Waals surface area contributed by atoms with Gasteiger partial charge in [0.25, 0.3) is 0 Å². The van der Waals surface area contributed by atoms with Crippen LogP contribution in [0.3, 0.4) is 0 Å². The molecule has 1 amide bonds. The number of halogens is 1. The maximum absolute atomic E-state index is 12.0. The highest BCUT2D eigenvalue weighted by Gasteiger charge is 2.15. The average Bonchev–Trinajstić information content (AvgIpc) is 2.39. The van der Waals surface area contributed by atoms with E-state index in [0.29, 0.717) is 24.6 Å². The highest BCUT2D eigenvalue weighted by Crippen LogP contribution is 2.21. The van der Waals surface area contributed by atoms with Gasteiger partial charge in [0.15, 0.2) is 0 Å². The van der Waals surface area contributed by atoms with E-state index in [9.17, 15) is 9.59 Å². The molecule has 0 saturated heterocycles. The van der Waals surface area contributed by atoms with Gasteiger partial charge in [0, 0.05) is 12.1 Å². The highest BCUT2D eigenvalue weighted by molar-refractivity contribution is 6.33. The van der Waals surface area contributed by atoms with Gasteiger partial charge >= 0.3 is 5.97 Å². The molecule has 0 saturated carbocycles. The Bertz CT molecular complexity index is 518. The summed E-state index contributed by atoms with van der Waals surface area (Å²) < 4.78 is 0. The summed E-state index contributed by atoms with van der Waals surface area (Å²) in [4.78, 5) is 23.0. The number of nitrogens with one attached hydrogen (secondary N) is 1. The first-order valence-corrected chi connectivity index (χ1v) is 7.24. The first kappa shape index (κ1) is 17.5. The predicted octanol–water partition coefficient (Wildman–Crippen LogP) is 2.99. The molecule has 116 valence electrons. The lowest BCUT2D eigenvalue weighted by atomic mass is 9.94. The van der Waals surface area contributed by atoms with Gasteiger partial charge in [-0.1, -0.05) is 25.4 Å². The Kier molecular flexibility index (Phi) is 6.65. The SMILES string of the molecule is CC(C)CC(CN)CC(=O)Nc1ccc(Cl)c(C(=O)O)c1. The van der Waals surface area contributed by atoms with Gasteiger partial charge < -0.3 is 16.2 Å². The lowest BCUT2D eigenvalue weighted by Gasteiger charge is -2.16. The van der Waals surface area contributed by atoms with Gasteiger partial charge in [0.05, 0.1) is 10.6 Å². The molecule has 1 aromatic carbocycles. The van der Waals surface area contributed by atoms with Crippen molar-refractivity contribution in [1.29, 1.82) is 0 Å². The van der Waals surface area contributed by atoms with Crippen LogP contribution in [-0.2, 0) is 4.79 Å². The van der Waals surface area contributed by atoms with Crippen LogP contribution in [0.5, 0.6) is 0 Å². The maximum Gasteiger partial charge on any atom is 0.337 e. The third-order valence-corrected chi connectivity index (χ3v) is 3.42. The minimum Gasteiger partial charge on any atom is -0.478 e. The number of carboxylic acid groups (broad SMARTS) is 1. The van der Waals surface area contributed by atoms with E-state index in [-0.39, 0.29) is 22.4 Å². The molecule has 1 atom stereocenters. The Morgan fingerprint density at radius 3 is 2.57 bits per heavy atom. The van der Waals surface area contributed by atoms with Crippen molar-refractivity contribution in [2.75, 3.05) is 11.9 Å². The van der Waals surface area contributed by atoms with E-state index < -0.39 is 5.97 Å². The first-order valence-electron chi connectivity index (χ1n) is 6.86. The van der Waals surface area contributed by atoms with Crippen LogP contribution < -0.4 is 11.1 Å². The molecule has 1 aromatic rings. The Hall–Kier alpha value is -1.59. The zero-order valence-corrected chi connectivity index (χ0v) is 13.0. The molecule has 1 rings (SSSR count). The van der Waals surface area contributed by atoms with Crippen molar-refractivity contribution in [3.8, 4) is 0 Å². The van der Waals surface area contributed by atoms with E-state index in [1.165, 1.54) is 12.1 Å². The predicted molar refractivity (Wildman–Crippen MR) is 83.7 cm³/mol. The fourth-order valence-corrected chi connectivity index (χ4v) is 2.37. The molecule has 4 N–H and O–H groups in total. The Labute approximate surface area is 129 Å². The van der Waals surface area contributed by atoms with Crippen molar-refractivity contribution in [2.45, 2.75) is 26.7 Å². The van der Waals surface area contributed by atoms with Crippen LogP contribution in [0.4, 0.5) is 5.69 Å². The van der Waals surface area contributed by atoms with Crippen molar-refractivity contribution in [3.05, 3.63) is 28.8 Å². The molecular weight excluding hydrogens is 292 g/mol. The zero-order valence-electron chi connectivity index (χ0n) is 12.2. The largest absolute Gasteiger partial charge is 0.478 e. The van der Waals surface area contributed by atoms with E-state index in [2.05, 4.69) is 19.2 Å². The van der Waals surface area contributed by atoms with Gasteiger partial charge in [-0.3, -0.25) is 4.79 Å². The van der Waals surface area contributed by atoms with Crippen LogP contribution in [-0.4, -0.2) is 23.5 Å². The fourth-order valence-electron chi connectivity index (χ4n) is 2.17. The molecule has 0 aliphatic heterocycles. The summed E-state index contributed by atoms with van der Waals surface area (Å²) in [5.74, 6) is -0.711. The quantitative estimate of drug-likeness (QED) is 0.721. The van der Waals surface area contributed by atoms with Gasteiger partial charge in [0.2, 0.25) is 5.91 Å². The molecule has 0 aliphatic carbocycles. The number of hydrogen-bond acceptors (Lipinski definition) is 3. The monoisotopic (exact) mass is 312 g/mol. The summed E-state index contributed by atoms with van der Waals surface area (Å²) in [6.45, 7) is 4.62. The van der Waals surface area contributed by atoms with Gasteiger partial charge in [-0.15, -0.1) is 0 Å². The molecule has 0 heterocycles. The molecule has 0 aromatic heterocycles. The minimum absolute atomic E-state index is 0.0352. The number of amides is 1. The van der Waals surface area contributed by atoms with Crippen molar-refractivity contribution in [3.63, 3.8) is 0 Å². The lowest BCUT2D eigenvalue weighted by Crippen LogP contribution is -2.23. The maximum atomic E-state index is 12.0. The first-order chi connectivity index (χ1) is 9.83. The van der Waals surface area contributed by atoms with Crippen LogP contribution in [0.15, 0.2) is 18.2 Å². The second-order valence-corrected chi connectivity index (χ2v) is 5.89. The van der Waals surface area contributed by atoms with Gasteiger partial charge in [-0.2, -0.15) is 0 Å². The normalized spacial score (nSPS) is 12.2. The minimum atomic E-state index is -1.13. The molecule has 1 unspecified atom stereocenters. The van der Waals surface area contributed by atoms with Crippen LogP contribution in [0.2, 0.25) is 5.02 Å². The molecule has 0 spiro atoms. The number of carbonyl (C=O) groups excluding carboxylic acids is 1. The average molecular weight is 313 g/mol. The van der Waals surface area contributed by atoms with E-state index >= 15 is 0 Å². The summed E-state index contributed by atoms with van der Waals surface area (Å²) in [5.41, 5.74) is 6.05. The number of hydrogen-bond donors (Lipinski definition) is 3. The molecule has 6 heteroatoms. The summed E-state index contributed by atoms with van der Waals surface area (Å²) in [5, 5.41) is 11.8. The number of rotatable bonds is 7. The van der Waals surface area contributed by atoms with Crippen molar-refractivity contribution in [1.82, 2.24) is 0 Å². The number of anilines is 1. The Balaban J connectivity index is 2.70. The summed E-state index contributed by atoms with van der Waals surface area (Å²) in [6.07, 6.45) is 1.20. The number of benzene rings is 1. The van der Waals surface area contributed by atoms with Crippen LogP contribution >= 0.6 is 11.6 Å². The van der Waals surface area contributed by atoms with Crippen molar-refractivity contribution >= 4 is 29.2 Å². The molecular formula is C15H21ClN2O3. The molecule has 0 aliphatic rings. The molecule has 21 heavy (non-hydrogen) atoms. The summed E-state index contributed by atoms with van der Waals surface area (Å²) >= 11 is 5.78. The Morgan fingerprint density at radius 2 is 2.05 bits per heavy atom. The summed E-state index contributed by atoms with van der Waals surface area (Å²) in [7, 11) is 0. The Morgan fingerprint density at radius 1 is 1.38 bits per heavy atom. The third kappa shape index (κ3) is 5.73. The molecule has 5 nitrogen and oxygen atoms in total. The van der Waals surface area contributed by atoms with Crippen molar-refractivity contribution < 1.29 is 14.7 Å². The highest BCUT2D eigenvalue weighted by atomic mass is 35.5. The van der Waals surface area contributed by atoms with E-state index in [1.807, 2.05) is 0 Å². The second-order valence-electron chi connectivity index (χ2n) is 5.48. The second kappa shape index (κ2) is 8.00. The fraction of sp³-hybridized carbons (Fsp3) is 0.467. The molecule has 0 bridgehead atoms. The van der Waals surface area contributed by atoms with Crippen LogP contribution in [0.25, 0.3) is 0 Å². The number of carboxylic acids is 1. The lowest BCUT2D eigenvalue weighted by molar-refractivity contribution is -0.117. The summed E-state index contributed by atoms with van der Waals surface area (Å²) in [6, 6.07) is 4.38. The van der Waals surface area contributed by atoms with Gasteiger partial charge in [0.1, 0.15) is 0 Å². The van der Waals surface area contributed by atoms with Crippen molar-refractivity contribution in [2.24, 2.45) is 17.6 Å². The zero-order chi connectivity index (χ0) is 16.0. The van der Waals surface area contributed by atoms with Gasteiger partial charge in [-0.25, -0.2) is 4.79 Å².